The first-order chi connectivity index (χ1) is 9.27. The largest absolute Gasteiger partial charge is 0.316 e. The fraction of sp³-hybridized carbons (Fsp3) is 0.647. The summed E-state index contributed by atoms with van der Waals surface area (Å²) < 4.78 is 0. The third kappa shape index (κ3) is 7.03. The van der Waals surface area contributed by atoms with Gasteiger partial charge in [0.25, 0.3) is 0 Å². The summed E-state index contributed by atoms with van der Waals surface area (Å²) in [5.41, 5.74) is 1.39. The van der Waals surface area contributed by atoms with Gasteiger partial charge in [-0.3, -0.25) is 0 Å². The van der Waals surface area contributed by atoms with E-state index in [-0.39, 0.29) is 0 Å². The average molecular weight is 279 g/mol. The van der Waals surface area contributed by atoms with E-state index in [9.17, 15) is 0 Å². The number of thioether (sulfide) groups is 1. The van der Waals surface area contributed by atoms with Gasteiger partial charge in [0.15, 0.2) is 0 Å². The molecular weight excluding hydrogens is 250 g/mol. The van der Waals surface area contributed by atoms with Crippen molar-refractivity contribution in [3.63, 3.8) is 0 Å². The molecule has 0 aliphatic carbocycles. The smallest absolute Gasteiger partial charge is 0.0158 e. The molecule has 0 amide bonds. The van der Waals surface area contributed by atoms with E-state index in [0.717, 1.165) is 0 Å². The third-order valence-corrected chi connectivity index (χ3v) is 4.94. The van der Waals surface area contributed by atoms with E-state index in [1.165, 1.54) is 54.7 Å². The lowest BCUT2D eigenvalue weighted by molar-refractivity contribution is 0.518. The molecule has 0 aliphatic rings. The Kier molecular flexibility index (Phi) is 9.02. The number of hydrogen-bond donors (Lipinski definition) is 1. The minimum atomic E-state index is 0.645. The van der Waals surface area contributed by atoms with Crippen LogP contribution in [0.1, 0.15) is 51.0 Å². The molecule has 1 rings (SSSR count). The highest BCUT2D eigenvalue weighted by Gasteiger charge is 2.07. The van der Waals surface area contributed by atoms with E-state index in [1.807, 2.05) is 11.8 Å². The highest BCUT2D eigenvalue weighted by atomic mass is 32.2. The Bertz CT molecular complexity index is 338. The molecule has 0 aliphatic heterocycles. The number of unbranched alkanes of at least 4 members (excludes halogenated alkanes) is 4. The van der Waals surface area contributed by atoms with Gasteiger partial charge in [0.1, 0.15) is 0 Å². The number of rotatable bonds is 10. The van der Waals surface area contributed by atoms with Gasteiger partial charge >= 0.3 is 0 Å². The molecular formula is C17H29NS. The maximum atomic E-state index is 3.46. The van der Waals surface area contributed by atoms with Gasteiger partial charge in [0, 0.05) is 16.7 Å². The molecule has 2 heteroatoms. The van der Waals surface area contributed by atoms with Crippen molar-refractivity contribution in [2.75, 3.05) is 12.8 Å². The summed E-state index contributed by atoms with van der Waals surface area (Å²) in [6.07, 6.45) is 8.18. The quantitative estimate of drug-likeness (QED) is 0.476. The molecule has 0 saturated carbocycles. The SMILES string of the molecule is CCCCCCCC(CSc1ccccc1C)NC. The molecule has 0 fully saturated rings. The zero-order chi connectivity index (χ0) is 13.9. The monoisotopic (exact) mass is 279 g/mol. The summed E-state index contributed by atoms with van der Waals surface area (Å²) in [6.45, 7) is 4.47. The molecule has 1 nitrogen and oxygen atoms in total. The molecule has 1 aromatic carbocycles. The van der Waals surface area contributed by atoms with Crippen LogP contribution in [0.25, 0.3) is 0 Å². The summed E-state index contributed by atoms with van der Waals surface area (Å²) in [7, 11) is 2.09. The highest BCUT2D eigenvalue weighted by molar-refractivity contribution is 7.99. The molecule has 0 aromatic heterocycles. The van der Waals surface area contributed by atoms with Crippen molar-refractivity contribution in [2.45, 2.75) is 63.3 Å². The van der Waals surface area contributed by atoms with Crippen molar-refractivity contribution in [1.82, 2.24) is 5.32 Å². The van der Waals surface area contributed by atoms with Crippen LogP contribution in [-0.4, -0.2) is 18.8 Å². The Morgan fingerprint density at radius 3 is 2.53 bits per heavy atom. The van der Waals surface area contributed by atoms with Crippen LogP contribution in [0, 0.1) is 6.92 Å². The Morgan fingerprint density at radius 1 is 1.11 bits per heavy atom. The maximum absolute atomic E-state index is 3.46. The summed E-state index contributed by atoms with van der Waals surface area (Å²) in [6, 6.07) is 9.32. The van der Waals surface area contributed by atoms with Crippen LogP contribution in [0.2, 0.25) is 0 Å². The summed E-state index contributed by atoms with van der Waals surface area (Å²) >= 11 is 1.99. The van der Waals surface area contributed by atoms with Gasteiger partial charge in [0.2, 0.25) is 0 Å². The van der Waals surface area contributed by atoms with Gasteiger partial charge in [-0.2, -0.15) is 0 Å². The molecule has 0 bridgehead atoms. The standard InChI is InChI=1S/C17H29NS/c1-4-5-6-7-8-12-16(18-3)14-19-17-13-10-9-11-15(17)2/h9-11,13,16,18H,4-8,12,14H2,1-3H3. The summed E-state index contributed by atoms with van der Waals surface area (Å²) in [4.78, 5) is 1.42. The molecule has 0 saturated heterocycles. The van der Waals surface area contributed by atoms with Crippen LogP contribution in [0.4, 0.5) is 0 Å². The first kappa shape index (κ1) is 16.6. The molecule has 0 heterocycles. The van der Waals surface area contributed by atoms with Crippen molar-refractivity contribution < 1.29 is 0 Å². The Labute approximate surface area is 123 Å². The van der Waals surface area contributed by atoms with Gasteiger partial charge < -0.3 is 5.32 Å². The normalized spacial score (nSPS) is 12.6. The van der Waals surface area contributed by atoms with E-state index in [4.69, 9.17) is 0 Å². The topological polar surface area (TPSA) is 12.0 Å². The maximum Gasteiger partial charge on any atom is 0.0158 e. The zero-order valence-electron chi connectivity index (χ0n) is 12.7. The van der Waals surface area contributed by atoms with Crippen LogP contribution in [0.5, 0.6) is 0 Å². The third-order valence-electron chi connectivity index (χ3n) is 3.60. The Morgan fingerprint density at radius 2 is 1.84 bits per heavy atom. The predicted molar refractivity (Wildman–Crippen MR) is 88.1 cm³/mol. The van der Waals surface area contributed by atoms with Crippen molar-refractivity contribution in [1.29, 1.82) is 0 Å². The number of aryl methyl sites for hydroxylation is 1. The molecule has 108 valence electrons. The lowest BCUT2D eigenvalue weighted by atomic mass is 10.1. The van der Waals surface area contributed by atoms with E-state index in [2.05, 4.69) is 50.5 Å². The van der Waals surface area contributed by atoms with Gasteiger partial charge in [-0.1, -0.05) is 57.2 Å². The van der Waals surface area contributed by atoms with Crippen molar-refractivity contribution in [3.8, 4) is 0 Å². The predicted octanol–water partition coefficient (Wildman–Crippen LogP) is 5.04. The molecule has 1 atom stereocenters. The van der Waals surface area contributed by atoms with Gasteiger partial charge in [-0.15, -0.1) is 11.8 Å². The first-order valence-corrected chi connectivity index (χ1v) is 8.62. The fourth-order valence-corrected chi connectivity index (χ4v) is 3.40. The minimum Gasteiger partial charge on any atom is -0.316 e. The van der Waals surface area contributed by atoms with Crippen LogP contribution >= 0.6 is 11.8 Å². The van der Waals surface area contributed by atoms with Gasteiger partial charge in [-0.05, 0) is 32.0 Å². The molecule has 0 spiro atoms. The zero-order valence-corrected chi connectivity index (χ0v) is 13.6. The van der Waals surface area contributed by atoms with Crippen LogP contribution in [-0.2, 0) is 0 Å². The number of benzene rings is 1. The Balaban J connectivity index is 2.23. The summed E-state index contributed by atoms with van der Waals surface area (Å²) in [5.74, 6) is 1.18. The average Bonchev–Trinajstić information content (AvgIpc) is 2.43. The Hall–Kier alpha value is -0.470. The van der Waals surface area contributed by atoms with Crippen molar-refractivity contribution in [3.05, 3.63) is 29.8 Å². The van der Waals surface area contributed by atoms with Gasteiger partial charge in [0.05, 0.1) is 0 Å². The molecule has 1 unspecified atom stereocenters. The molecule has 1 N–H and O–H groups in total. The number of nitrogens with one attached hydrogen (secondary N) is 1. The molecule has 0 radical (unpaired) electrons. The number of hydrogen-bond acceptors (Lipinski definition) is 2. The first-order valence-electron chi connectivity index (χ1n) is 7.63. The summed E-state index contributed by atoms with van der Waals surface area (Å²) in [5, 5.41) is 3.46. The van der Waals surface area contributed by atoms with E-state index in [0.29, 0.717) is 6.04 Å². The minimum absolute atomic E-state index is 0.645. The highest BCUT2D eigenvalue weighted by Crippen LogP contribution is 2.23. The fourth-order valence-electron chi connectivity index (χ4n) is 2.21. The van der Waals surface area contributed by atoms with Crippen LogP contribution < -0.4 is 5.32 Å². The van der Waals surface area contributed by atoms with E-state index in [1.54, 1.807) is 0 Å². The molecule has 19 heavy (non-hydrogen) atoms. The van der Waals surface area contributed by atoms with Crippen LogP contribution in [0.15, 0.2) is 29.2 Å². The van der Waals surface area contributed by atoms with E-state index >= 15 is 0 Å². The lowest BCUT2D eigenvalue weighted by Crippen LogP contribution is -2.27. The van der Waals surface area contributed by atoms with Crippen LogP contribution in [0.3, 0.4) is 0 Å². The molecule has 1 aromatic rings. The van der Waals surface area contributed by atoms with Crippen molar-refractivity contribution in [2.24, 2.45) is 0 Å². The second-order valence-electron chi connectivity index (χ2n) is 5.26. The van der Waals surface area contributed by atoms with Gasteiger partial charge in [-0.25, -0.2) is 0 Å². The lowest BCUT2D eigenvalue weighted by Gasteiger charge is -2.16. The van der Waals surface area contributed by atoms with Crippen molar-refractivity contribution >= 4 is 11.8 Å². The second-order valence-corrected chi connectivity index (χ2v) is 6.33. The van der Waals surface area contributed by atoms with E-state index < -0.39 is 0 Å². The second kappa shape index (κ2) is 10.3.